The van der Waals surface area contributed by atoms with Crippen molar-refractivity contribution in [2.75, 3.05) is 0 Å². The SMILES string of the molecule is FC(F)(F)c1cc(C(F)(F)F)c2[nH]ccc2n1. The second-order valence-corrected chi connectivity index (χ2v) is 3.29. The molecule has 0 radical (unpaired) electrons. The van der Waals surface area contributed by atoms with Gasteiger partial charge in [0.05, 0.1) is 16.6 Å². The molecule has 0 unspecified atom stereocenters. The van der Waals surface area contributed by atoms with Gasteiger partial charge in [-0.05, 0) is 12.1 Å². The predicted octanol–water partition coefficient (Wildman–Crippen LogP) is 3.60. The minimum Gasteiger partial charge on any atom is -0.359 e. The topological polar surface area (TPSA) is 28.7 Å². The van der Waals surface area contributed by atoms with Gasteiger partial charge in [0.25, 0.3) is 0 Å². The van der Waals surface area contributed by atoms with Crippen molar-refractivity contribution in [1.82, 2.24) is 9.97 Å². The maximum absolute atomic E-state index is 12.5. The van der Waals surface area contributed by atoms with Crippen molar-refractivity contribution >= 4 is 11.0 Å². The molecular formula is C9H4F6N2. The molecule has 0 aliphatic rings. The number of pyridine rings is 1. The van der Waals surface area contributed by atoms with Gasteiger partial charge in [-0.3, -0.25) is 0 Å². The summed E-state index contributed by atoms with van der Waals surface area (Å²) in [4.78, 5) is 5.35. The molecule has 0 saturated carbocycles. The van der Waals surface area contributed by atoms with Crippen LogP contribution in [0.25, 0.3) is 11.0 Å². The molecule has 0 atom stereocenters. The largest absolute Gasteiger partial charge is 0.433 e. The average molecular weight is 254 g/mol. The Balaban J connectivity index is 2.76. The number of hydrogen-bond donors (Lipinski definition) is 1. The van der Waals surface area contributed by atoms with E-state index in [-0.39, 0.29) is 11.6 Å². The molecule has 8 heteroatoms. The maximum Gasteiger partial charge on any atom is 0.433 e. The van der Waals surface area contributed by atoms with E-state index >= 15 is 0 Å². The van der Waals surface area contributed by atoms with Crippen molar-refractivity contribution in [2.24, 2.45) is 0 Å². The lowest BCUT2D eigenvalue weighted by molar-refractivity contribution is -0.144. The van der Waals surface area contributed by atoms with Gasteiger partial charge in [-0.25, -0.2) is 4.98 Å². The first kappa shape index (κ1) is 11.7. The van der Waals surface area contributed by atoms with E-state index < -0.39 is 29.1 Å². The van der Waals surface area contributed by atoms with Crippen LogP contribution in [-0.4, -0.2) is 9.97 Å². The molecule has 0 spiro atoms. The van der Waals surface area contributed by atoms with E-state index in [1.54, 1.807) is 0 Å². The number of alkyl halides is 6. The highest BCUT2D eigenvalue weighted by atomic mass is 19.4. The van der Waals surface area contributed by atoms with Gasteiger partial charge in [0, 0.05) is 6.20 Å². The lowest BCUT2D eigenvalue weighted by atomic mass is 10.1. The Morgan fingerprint density at radius 2 is 1.65 bits per heavy atom. The molecule has 0 amide bonds. The fraction of sp³-hybridized carbons (Fsp3) is 0.222. The lowest BCUT2D eigenvalue weighted by Gasteiger charge is -2.11. The number of nitrogens with one attached hydrogen (secondary N) is 1. The second kappa shape index (κ2) is 3.38. The monoisotopic (exact) mass is 254 g/mol. The van der Waals surface area contributed by atoms with E-state index in [1.165, 1.54) is 0 Å². The predicted molar refractivity (Wildman–Crippen MR) is 46.1 cm³/mol. The van der Waals surface area contributed by atoms with E-state index in [1.807, 2.05) is 0 Å². The minimum absolute atomic E-state index is 0.00116. The van der Waals surface area contributed by atoms with Crippen LogP contribution in [0, 0.1) is 0 Å². The van der Waals surface area contributed by atoms with Crippen LogP contribution in [0.4, 0.5) is 26.3 Å². The standard InChI is InChI=1S/C9H4F6N2/c10-8(11,12)4-3-6(9(13,14)15)17-5-1-2-16-7(4)5/h1-3,16H. The van der Waals surface area contributed by atoms with Crippen LogP contribution >= 0.6 is 0 Å². The molecule has 2 rings (SSSR count). The number of aromatic amines is 1. The van der Waals surface area contributed by atoms with Crippen LogP contribution in [0.3, 0.4) is 0 Å². The summed E-state index contributed by atoms with van der Waals surface area (Å²) in [6, 6.07) is 1.05. The van der Waals surface area contributed by atoms with Crippen LogP contribution in [0.5, 0.6) is 0 Å². The van der Waals surface area contributed by atoms with Crippen molar-refractivity contribution in [1.29, 1.82) is 0 Å². The molecule has 1 N–H and O–H groups in total. The highest BCUT2D eigenvalue weighted by molar-refractivity contribution is 5.79. The van der Waals surface area contributed by atoms with Gasteiger partial charge < -0.3 is 4.98 Å². The number of hydrogen-bond acceptors (Lipinski definition) is 1. The molecule has 17 heavy (non-hydrogen) atoms. The lowest BCUT2D eigenvalue weighted by Crippen LogP contribution is -2.13. The van der Waals surface area contributed by atoms with Gasteiger partial charge in [0.2, 0.25) is 0 Å². The summed E-state index contributed by atoms with van der Waals surface area (Å²) in [5, 5.41) is 0. The van der Waals surface area contributed by atoms with Gasteiger partial charge in [-0.2, -0.15) is 26.3 Å². The number of fused-ring (bicyclic) bond motifs is 1. The van der Waals surface area contributed by atoms with Gasteiger partial charge >= 0.3 is 12.4 Å². The van der Waals surface area contributed by atoms with Gasteiger partial charge in [0.1, 0.15) is 5.69 Å². The summed E-state index contributed by atoms with van der Waals surface area (Å²) in [5.41, 5.74) is -3.76. The normalized spacial score (nSPS) is 13.3. The Kier molecular flexibility index (Phi) is 2.33. The third-order valence-corrected chi connectivity index (χ3v) is 2.11. The van der Waals surface area contributed by atoms with Crippen LogP contribution in [0.15, 0.2) is 18.3 Å². The fourth-order valence-corrected chi connectivity index (χ4v) is 1.41. The molecule has 0 saturated heterocycles. The second-order valence-electron chi connectivity index (χ2n) is 3.29. The van der Waals surface area contributed by atoms with Crippen LogP contribution in [0.1, 0.15) is 11.3 Å². The first-order chi connectivity index (χ1) is 7.69. The molecule has 2 heterocycles. The number of aromatic nitrogens is 2. The molecule has 0 aliphatic heterocycles. The number of nitrogens with zero attached hydrogens (tertiary/aromatic N) is 1. The molecule has 0 fully saturated rings. The third kappa shape index (κ3) is 2.06. The van der Waals surface area contributed by atoms with Crippen LogP contribution < -0.4 is 0 Å². The molecule has 2 aromatic rings. The van der Waals surface area contributed by atoms with Gasteiger partial charge in [-0.1, -0.05) is 0 Å². The van der Waals surface area contributed by atoms with E-state index in [0.29, 0.717) is 0 Å². The van der Waals surface area contributed by atoms with Crippen molar-refractivity contribution in [3.8, 4) is 0 Å². The molecule has 2 nitrogen and oxygen atoms in total. The summed E-state index contributed by atoms with van der Waals surface area (Å²) >= 11 is 0. The molecule has 0 bridgehead atoms. The van der Waals surface area contributed by atoms with Crippen molar-refractivity contribution in [2.45, 2.75) is 12.4 Å². The summed E-state index contributed by atoms with van der Waals surface area (Å²) < 4.78 is 74.7. The average Bonchev–Trinajstić information content (AvgIpc) is 2.59. The highest BCUT2D eigenvalue weighted by Gasteiger charge is 2.39. The Morgan fingerprint density at radius 1 is 1.00 bits per heavy atom. The van der Waals surface area contributed by atoms with Gasteiger partial charge in [-0.15, -0.1) is 0 Å². The summed E-state index contributed by atoms with van der Waals surface area (Å²) in [6.07, 6.45) is -8.68. The zero-order valence-corrected chi connectivity index (χ0v) is 7.95. The van der Waals surface area contributed by atoms with Crippen molar-refractivity contribution < 1.29 is 26.3 Å². The van der Waals surface area contributed by atoms with E-state index in [4.69, 9.17) is 0 Å². The minimum atomic E-state index is -4.91. The zero-order chi connectivity index (χ0) is 12.8. The van der Waals surface area contributed by atoms with E-state index in [0.717, 1.165) is 12.3 Å². The van der Waals surface area contributed by atoms with Crippen LogP contribution in [-0.2, 0) is 12.4 Å². The highest BCUT2D eigenvalue weighted by Crippen LogP contribution is 2.37. The zero-order valence-electron chi connectivity index (χ0n) is 7.95. The van der Waals surface area contributed by atoms with Crippen molar-refractivity contribution in [3.05, 3.63) is 29.6 Å². The number of rotatable bonds is 0. The Morgan fingerprint density at radius 3 is 2.18 bits per heavy atom. The first-order valence-corrected chi connectivity index (χ1v) is 4.32. The molecule has 92 valence electrons. The Bertz CT molecular complexity index is 551. The number of H-pyrrole nitrogens is 1. The molecular weight excluding hydrogens is 250 g/mol. The van der Waals surface area contributed by atoms with Crippen LogP contribution in [0.2, 0.25) is 0 Å². The summed E-state index contributed by atoms with van der Waals surface area (Å²) in [6.45, 7) is 0. The molecule has 0 aliphatic carbocycles. The molecule has 2 aromatic heterocycles. The third-order valence-electron chi connectivity index (χ3n) is 2.11. The molecule has 0 aromatic carbocycles. The first-order valence-electron chi connectivity index (χ1n) is 4.32. The van der Waals surface area contributed by atoms with E-state index in [2.05, 4.69) is 9.97 Å². The van der Waals surface area contributed by atoms with Crippen molar-refractivity contribution in [3.63, 3.8) is 0 Å². The Labute approximate surface area is 90.3 Å². The maximum atomic E-state index is 12.5. The summed E-state index contributed by atoms with van der Waals surface area (Å²) in [5.74, 6) is 0. The Hall–Kier alpha value is -1.73. The fourth-order valence-electron chi connectivity index (χ4n) is 1.41. The number of halogens is 6. The van der Waals surface area contributed by atoms with E-state index in [9.17, 15) is 26.3 Å². The summed E-state index contributed by atoms with van der Waals surface area (Å²) in [7, 11) is 0. The smallest absolute Gasteiger partial charge is 0.359 e. The van der Waals surface area contributed by atoms with Gasteiger partial charge in [0.15, 0.2) is 0 Å². The quantitative estimate of drug-likeness (QED) is 0.715.